The van der Waals surface area contributed by atoms with Gasteiger partial charge in [-0.25, -0.2) is 9.37 Å². The van der Waals surface area contributed by atoms with Crippen molar-refractivity contribution in [3.8, 4) is 0 Å². The first-order chi connectivity index (χ1) is 11.2. The Bertz CT molecular complexity index is 786. The summed E-state index contributed by atoms with van der Waals surface area (Å²) in [6.07, 6.45) is 3.14. The van der Waals surface area contributed by atoms with Gasteiger partial charge >= 0.3 is 0 Å². The molecule has 0 aliphatic heterocycles. The van der Waals surface area contributed by atoms with Crippen molar-refractivity contribution in [1.29, 1.82) is 0 Å². The van der Waals surface area contributed by atoms with E-state index in [2.05, 4.69) is 15.6 Å². The lowest BCUT2D eigenvalue weighted by Crippen LogP contribution is -2.12. The van der Waals surface area contributed by atoms with Crippen molar-refractivity contribution in [1.82, 2.24) is 4.98 Å². The predicted octanol–water partition coefficient (Wildman–Crippen LogP) is 3.68. The maximum absolute atomic E-state index is 13.1. The topological polar surface area (TPSA) is 67.2 Å². The molecule has 1 amide bonds. The molecule has 5 nitrogen and oxygen atoms in total. The molecule has 116 valence electrons. The molecule has 3 aromatic rings. The molecule has 0 aliphatic carbocycles. The SMILES string of the molecule is O=C(Nc1ccc(NCc2ccco2)nc1)c1cccc(F)c1. The molecular formula is C17H14FN3O2. The predicted molar refractivity (Wildman–Crippen MR) is 84.6 cm³/mol. The molecule has 0 spiro atoms. The highest BCUT2D eigenvalue weighted by molar-refractivity contribution is 6.04. The molecule has 0 fully saturated rings. The number of rotatable bonds is 5. The molecule has 0 aliphatic rings. The Morgan fingerprint density at radius 3 is 2.78 bits per heavy atom. The zero-order valence-electron chi connectivity index (χ0n) is 12.1. The van der Waals surface area contributed by atoms with E-state index < -0.39 is 5.82 Å². The van der Waals surface area contributed by atoms with Gasteiger partial charge in [0.05, 0.1) is 24.7 Å². The molecule has 0 bridgehead atoms. The van der Waals surface area contributed by atoms with Crippen LogP contribution in [-0.2, 0) is 6.54 Å². The van der Waals surface area contributed by atoms with E-state index in [0.29, 0.717) is 18.1 Å². The van der Waals surface area contributed by atoms with Gasteiger partial charge in [-0.15, -0.1) is 0 Å². The normalized spacial score (nSPS) is 10.3. The van der Waals surface area contributed by atoms with Crippen LogP contribution >= 0.6 is 0 Å². The molecular weight excluding hydrogens is 297 g/mol. The van der Waals surface area contributed by atoms with E-state index in [9.17, 15) is 9.18 Å². The third kappa shape index (κ3) is 3.94. The van der Waals surface area contributed by atoms with Gasteiger partial charge in [-0.2, -0.15) is 0 Å². The van der Waals surface area contributed by atoms with E-state index in [4.69, 9.17) is 4.42 Å². The minimum absolute atomic E-state index is 0.255. The van der Waals surface area contributed by atoms with E-state index in [1.807, 2.05) is 12.1 Å². The summed E-state index contributed by atoms with van der Waals surface area (Å²) < 4.78 is 18.3. The largest absolute Gasteiger partial charge is 0.467 e. The number of benzene rings is 1. The summed E-state index contributed by atoms with van der Waals surface area (Å²) in [4.78, 5) is 16.2. The Morgan fingerprint density at radius 2 is 2.09 bits per heavy atom. The van der Waals surface area contributed by atoms with Crippen LogP contribution in [-0.4, -0.2) is 10.9 Å². The zero-order valence-corrected chi connectivity index (χ0v) is 12.1. The lowest BCUT2D eigenvalue weighted by molar-refractivity contribution is 0.102. The Balaban J connectivity index is 1.59. The lowest BCUT2D eigenvalue weighted by atomic mass is 10.2. The fourth-order valence-corrected chi connectivity index (χ4v) is 2.00. The van der Waals surface area contributed by atoms with Gasteiger partial charge < -0.3 is 15.1 Å². The second-order valence-corrected chi connectivity index (χ2v) is 4.83. The Hall–Kier alpha value is -3.15. The van der Waals surface area contributed by atoms with Gasteiger partial charge in [0.1, 0.15) is 17.4 Å². The minimum Gasteiger partial charge on any atom is -0.467 e. The van der Waals surface area contributed by atoms with Crippen molar-refractivity contribution in [3.05, 3.63) is 78.1 Å². The quantitative estimate of drug-likeness (QED) is 0.754. The second kappa shape index (κ2) is 6.74. The number of nitrogens with zero attached hydrogens (tertiary/aromatic N) is 1. The molecule has 0 radical (unpaired) electrons. The molecule has 1 aromatic carbocycles. The third-order valence-electron chi connectivity index (χ3n) is 3.13. The van der Waals surface area contributed by atoms with Gasteiger partial charge in [0.2, 0.25) is 0 Å². The number of carbonyl (C=O) groups excluding carboxylic acids is 1. The number of amides is 1. The molecule has 2 aromatic heterocycles. The Labute approximate surface area is 132 Å². The highest BCUT2D eigenvalue weighted by Crippen LogP contribution is 2.13. The number of halogens is 1. The number of carbonyl (C=O) groups is 1. The summed E-state index contributed by atoms with van der Waals surface area (Å²) in [5.74, 6) is 0.622. The zero-order chi connectivity index (χ0) is 16.1. The minimum atomic E-state index is -0.451. The fraction of sp³-hybridized carbons (Fsp3) is 0.0588. The van der Waals surface area contributed by atoms with Crippen LogP contribution in [0.1, 0.15) is 16.1 Å². The van der Waals surface area contributed by atoms with Crippen LogP contribution in [0.5, 0.6) is 0 Å². The van der Waals surface area contributed by atoms with E-state index in [1.54, 1.807) is 24.5 Å². The van der Waals surface area contributed by atoms with Gasteiger partial charge in [0, 0.05) is 5.56 Å². The molecule has 3 rings (SSSR count). The summed E-state index contributed by atoms with van der Waals surface area (Å²) in [6, 6.07) is 12.6. The van der Waals surface area contributed by atoms with Gasteiger partial charge in [-0.05, 0) is 42.5 Å². The number of anilines is 2. The molecule has 0 saturated heterocycles. The van der Waals surface area contributed by atoms with E-state index in [1.165, 1.54) is 24.4 Å². The van der Waals surface area contributed by atoms with Crippen LogP contribution < -0.4 is 10.6 Å². The standard InChI is InChI=1S/C17H14FN3O2/c18-13-4-1-3-12(9-13)17(22)21-14-6-7-16(19-10-14)20-11-15-5-2-8-23-15/h1-10H,11H2,(H,19,20)(H,21,22). The number of hydrogen-bond acceptors (Lipinski definition) is 4. The van der Waals surface area contributed by atoms with Crippen molar-refractivity contribution < 1.29 is 13.6 Å². The first kappa shape index (κ1) is 14.8. The van der Waals surface area contributed by atoms with E-state index in [-0.39, 0.29) is 11.5 Å². The highest BCUT2D eigenvalue weighted by Gasteiger charge is 2.07. The number of aromatic nitrogens is 1. The molecule has 0 saturated carbocycles. The summed E-state index contributed by atoms with van der Waals surface area (Å²) >= 11 is 0. The second-order valence-electron chi connectivity index (χ2n) is 4.83. The molecule has 23 heavy (non-hydrogen) atoms. The number of nitrogens with one attached hydrogen (secondary N) is 2. The summed E-state index contributed by atoms with van der Waals surface area (Å²) in [6.45, 7) is 0.523. The monoisotopic (exact) mass is 311 g/mol. The first-order valence-corrected chi connectivity index (χ1v) is 7.00. The summed E-state index contributed by atoms with van der Waals surface area (Å²) in [7, 11) is 0. The Kier molecular flexibility index (Phi) is 4.33. The van der Waals surface area contributed by atoms with Crippen LogP contribution in [0.2, 0.25) is 0 Å². The number of hydrogen-bond donors (Lipinski definition) is 2. The molecule has 2 heterocycles. The summed E-state index contributed by atoms with van der Waals surface area (Å²) in [5.41, 5.74) is 0.785. The van der Waals surface area contributed by atoms with Crippen molar-refractivity contribution in [2.24, 2.45) is 0 Å². The molecule has 6 heteroatoms. The van der Waals surface area contributed by atoms with Crippen LogP contribution in [0.15, 0.2) is 65.4 Å². The highest BCUT2D eigenvalue weighted by atomic mass is 19.1. The summed E-state index contributed by atoms with van der Waals surface area (Å²) in [5, 5.41) is 5.77. The van der Waals surface area contributed by atoms with Crippen molar-refractivity contribution in [3.63, 3.8) is 0 Å². The van der Waals surface area contributed by atoms with E-state index in [0.717, 1.165) is 5.76 Å². The van der Waals surface area contributed by atoms with Crippen molar-refractivity contribution in [2.75, 3.05) is 10.6 Å². The third-order valence-corrected chi connectivity index (χ3v) is 3.13. The first-order valence-electron chi connectivity index (χ1n) is 7.00. The van der Waals surface area contributed by atoms with Crippen molar-refractivity contribution in [2.45, 2.75) is 6.54 Å². The van der Waals surface area contributed by atoms with Crippen molar-refractivity contribution >= 4 is 17.4 Å². The average molecular weight is 311 g/mol. The number of furan rings is 1. The van der Waals surface area contributed by atoms with Gasteiger partial charge in [0.15, 0.2) is 0 Å². The van der Waals surface area contributed by atoms with Gasteiger partial charge in [-0.1, -0.05) is 6.07 Å². The average Bonchev–Trinajstić information content (AvgIpc) is 3.08. The van der Waals surface area contributed by atoms with Gasteiger partial charge in [0.25, 0.3) is 5.91 Å². The molecule has 0 atom stereocenters. The molecule has 2 N–H and O–H groups in total. The lowest BCUT2D eigenvalue weighted by Gasteiger charge is -2.07. The smallest absolute Gasteiger partial charge is 0.255 e. The number of pyridine rings is 1. The maximum Gasteiger partial charge on any atom is 0.255 e. The van der Waals surface area contributed by atoms with Crippen LogP contribution in [0, 0.1) is 5.82 Å². The van der Waals surface area contributed by atoms with Gasteiger partial charge in [-0.3, -0.25) is 4.79 Å². The van der Waals surface area contributed by atoms with Crippen LogP contribution in [0.25, 0.3) is 0 Å². The fourth-order valence-electron chi connectivity index (χ4n) is 2.00. The van der Waals surface area contributed by atoms with Crippen LogP contribution in [0.4, 0.5) is 15.9 Å². The Morgan fingerprint density at radius 1 is 1.17 bits per heavy atom. The maximum atomic E-state index is 13.1. The molecule has 0 unspecified atom stereocenters. The van der Waals surface area contributed by atoms with Crippen LogP contribution in [0.3, 0.4) is 0 Å². The van der Waals surface area contributed by atoms with E-state index >= 15 is 0 Å².